The lowest BCUT2D eigenvalue weighted by Gasteiger charge is -2.13. The molecule has 5 rings (SSSR count). The van der Waals surface area contributed by atoms with Crippen molar-refractivity contribution in [3.8, 4) is 33.9 Å². The molecule has 47 heavy (non-hydrogen) atoms. The molecular formula is C34H37N9O4. The summed E-state index contributed by atoms with van der Waals surface area (Å²) in [4.78, 5) is 39.7. The van der Waals surface area contributed by atoms with Crippen molar-refractivity contribution in [2.24, 2.45) is 0 Å². The van der Waals surface area contributed by atoms with E-state index in [1.54, 1.807) is 0 Å². The SMILES string of the molecule is CCCCc1nc(-c2ccc(CNC(=O)CCC(NC(C)=O)C(=O)O)cc2)nn1Cc1ccc(-c2ccccc2-c2nn[nH]n2)cc1. The van der Waals surface area contributed by atoms with E-state index in [1.165, 1.54) is 6.92 Å². The molecule has 0 saturated carbocycles. The molecule has 13 heteroatoms. The van der Waals surface area contributed by atoms with E-state index in [1.807, 2.05) is 53.2 Å². The van der Waals surface area contributed by atoms with Gasteiger partial charge in [0.1, 0.15) is 11.9 Å². The highest BCUT2D eigenvalue weighted by molar-refractivity contribution is 5.83. The van der Waals surface area contributed by atoms with Gasteiger partial charge in [0.25, 0.3) is 0 Å². The molecule has 0 aliphatic carbocycles. The minimum atomic E-state index is -1.17. The Labute approximate surface area is 271 Å². The Morgan fingerprint density at radius 1 is 0.915 bits per heavy atom. The van der Waals surface area contributed by atoms with Crippen molar-refractivity contribution < 1.29 is 19.5 Å². The monoisotopic (exact) mass is 635 g/mol. The van der Waals surface area contributed by atoms with Crippen LogP contribution in [0.3, 0.4) is 0 Å². The maximum atomic E-state index is 12.3. The van der Waals surface area contributed by atoms with E-state index in [4.69, 9.17) is 10.1 Å². The van der Waals surface area contributed by atoms with Crippen molar-refractivity contribution in [1.82, 2.24) is 46.0 Å². The molecule has 0 bridgehead atoms. The van der Waals surface area contributed by atoms with Crippen LogP contribution in [0.2, 0.25) is 0 Å². The fourth-order valence-electron chi connectivity index (χ4n) is 5.15. The molecular weight excluding hydrogens is 598 g/mol. The van der Waals surface area contributed by atoms with Crippen LogP contribution < -0.4 is 10.6 Å². The molecule has 242 valence electrons. The number of nitrogens with one attached hydrogen (secondary N) is 3. The Morgan fingerprint density at radius 3 is 2.28 bits per heavy atom. The normalized spacial score (nSPS) is 11.6. The quantitative estimate of drug-likeness (QED) is 0.131. The van der Waals surface area contributed by atoms with Gasteiger partial charge in [-0.2, -0.15) is 10.3 Å². The molecule has 5 aromatic rings. The van der Waals surface area contributed by atoms with Gasteiger partial charge in [-0.05, 0) is 40.3 Å². The standard InChI is InChI=1S/C34H37N9O4/c1-3-4-9-30-37-32(26-16-10-23(11-17-26)20-35-31(45)19-18-29(34(46)47)36-22(2)44)40-43(30)21-24-12-14-25(15-13-24)27-7-5-6-8-28(27)33-38-41-42-39-33/h5-8,10-17,29H,3-4,9,18-21H2,1-2H3,(H,35,45)(H,36,44)(H,46,47)(H,38,39,41,42). The maximum absolute atomic E-state index is 12.3. The number of aromatic nitrogens is 7. The minimum Gasteiger partial charge on any atom is -0.480 e. The van der Waals surface area contributed by atoms with E-state index in [9.17, 15) is 19.5 Å². The summed E-state index contributed by atoms with van der Waals surface area (Å²) in [6.07, 6.45) is 2.85. The molecule has 0 spiro atoms. The number of nitrogens with zero attached hydrogens (tertiary/aromatic N) is 6. The third kappa shape index (κ3) is 8.72. The molecule has 13 nitrogen and oxygen atoms in total. The number of amides is 2. The first kappa shape index (κ1) is 32.7. The number of unbranched alkanes of at least 4 members (excludes halogenated alkanes) is 1. The van der Waals surface area contributed by atoms with Crippen LogP contribution in [0.15, 0.2) is 72.8 Å². The molecule has 0 aliphatic heterocycles. The van der Waals surface area contributed by atoms with Crippen LogP contribution in [-0.2, 0) is 33.9 Å². The number of hydrogen-bond acceptors (Lipinski definition) is 8. The number of carbonyl (C=O) groups excluding carboxylic acids is 2. The number of H-pyrrole nitrogens is 1. The van der Waals surface area contributed by atoms with Crippen LogP contribution in [0.25, 0.3) is 33.9 Å². The van der Waals surface area contributed by atoms with Crippen molar-refractivity contribution in [2.75, 3.05) is 0 Å². The average molecular weight is 636 g/mol. The molecule has 2 aromatic heterocycles. The summed E-state index contributed by atoms with van der Waals surface area (Å²) in [6, 6.07) is 22.9. The Morgan fingerprint density at radius 2 is 1.62 bits per heavy atom. The highest BCUT2D eigenvalue weighted by atomic mass is 16.4. The zero-order valence-electron chi connectivity index (χ0n) is 26.3. The lowest BCUT2D eigenvalue weighted by molar-refractivity contribution is -0.141. The topological polar surface area (TPSA) is 181 Å². The summed E-state index contributed by atoms with van der Waals surface area (Å²) < 4.78 is 1.97. The molecule has 0 radical (unpaired) electrons. The molecule has 4 N–H and O–H groups in total. The zero-order valence-corrected chi connectivity index (χ0v) is 26.3. The number of carbonyl (C=O) groups is 3. The van der Waals surface area contributed by atoms with Gasteiger partial charge in [-0.3, -0.25) is 9.59 Å². The summed E-state index contributed by atoms with van der Waals surface area (Å²) in [6.45, 7) is 4.26. The summed E-state index contributed by atoms with van der Waals surface area (Å²) in [7, 11) is 0. The number of hydrogen-bond donors (Lipinski definition) is 4. The van der Waals surface area contributed by atoms with Gasteiger partial charge in [-0.1, -0.05) is 86.1 Å². The first-order valence-corrected chi connectivity index (χ1v) is 15.5. The third-order valence-corrected chi connectivity index (χ3v) is 7.65. The minimum absolute atomic E-state index is 0.00793. The molecule has 1 atom stereocenters. The average Bonchev–Trinajstić information content (AvgIpc) is 3.76. The molecule has 0 saturated heterocycles. The Bertz CT molecular complexity index is 1800. The summed E-state index contributed by atoms with van der Waals surface area (Å²) in [5, 5.41) is 33.7. The molecule has 1 unspecified atom stereocenters. The van der Waals surface area contributed by atoms with Crippen molar-refractivity contribution >= 4 is 17.8 Å². The van der Waals surface area contributed by atoms with Crippen LogP contribution in [0, 0.1) is 0 Å². The summed E-state index contributed by atoms with van der Waals surface area (Å²) in [5.74, 6) is 0.178. The Balaban J connectivity index is 1.23. The van der Waals surface area contributed by atoms with E-state index in [0.29, 0.717) is 18.2 Å². The second-order valence-corrected chi connectivity index (χ2v) is 11.2. The number of aliphatic carboxylic acids is 1. The lowest BCUT2D eigenvalue weighted by atomic mass is 9.98. The van der Waals surface area contributed by atoms with Crippen molar-refractivity contribution in [2.45, 2.75) is 65.1 Å². The van der Waals surface area contributed by atoms with Gasteiger partial charge >= 0.3 is 5.97 Å². The number of carboxylic acid groups (broad SMARTS) is 1. The predicted octanol–water partition coefficient (Wildman–Crippen LogP) is 4.17. The fraction of sp³-hybridized carbons (Fsp3) is 0.294. The first-order chi connectivity index (χ1) is 22.8. The largest absolute Gasteiger partial charge is 0.480 e. The number of carboxylic acids is 1. The van der Waals surface area contributed by atoms with E-state index in [2.05, 4.69) is 62.4 Å². The number of aromatic amines is 1. The van der Waals surface area contributed by atoms with Gasteiger partial charge in [-0.15, -0.1) is 10.2 Å². The number of benzene rings is 3. The molecule has 2 amide bonds. The molecule has 3 aromatic carbocycles. The van der Waals surface area contributed by atoms with Crippen molar-refractivity contribution in [1.29, 1.82) is 0 Å². The predicted molar refractivity (Wildman–Crippen MR) is 175 cm³/mol. The molecule has 0 fully saturated rings. The van der Waals surface area contributed by atoms with E-state index >= 15 is 0 Å². The number of tetrazole rings is 1. The van der Waals surface area contributed by atoms with Crippen molar-refractivity contribution in [3.05, 3.63) is 89.7 Å². The smallest absolute Gasteiger partial charge is 0.326 e. The van der Waals surface area contributed by atoms with Gasteiger partial charge in [0.05, 0.1) is 6.54 Å². The molecule has 2 heterocycles. The van der Waals surface area contributed by atoms with Crippen LogP contribution >= 0.6 is 0 Å². The lowest BCUT2D eigenvalue weighted by Crippen LogP contribution is -2.40. The second kappa shape index (κ2) is 15.5. The summed E-state index contributed by atoms with van der Waals surface area (Å²) >= 11 is 0. The Hall–Kier alpha value is -5.72. The van der Waals surface area contributed by atoms with Gasteiger partial charge in [0.2, 0.25) is 17.6 Å². The van der Waals surface area contributed by atoms with E-state index < -0.39 is 17.9 Å². The van der Waals surface area contributed by atoms with Gasteiger partial charge in [0, 0.05) is 37.4 Å². The van der Waals surface area contributed by atoms with Crippen LogP contribution in [0.1, 0.15) is 56.5 Å². The summed E-state index contributed by atoms with van der Waals surface area (Å²) in [5.41, 5.74) is 5.81. The van der Waals surface area contributed by atoms with Crippen molar-refractivity contribution in [3.63, 3.8) is 0 Å². The van der Waals surface area contributed by atoms with Crippen LogP contribution in [-0.4, -0.2) is 64.3 Å². The Kier molecular flexibility index (Phi) is 10.8. The highest BCUT2D eigenvalue weighted by Crippen LogP contribution is 2.30. The van der Waals surface area contributed by atoms with E-state index in [-0.39, 0.29) is 25.3 Å². The number of aryl methyl sites for hydroxylation is 1. The van der Waals surface area contributed by atoms with Crippen LogP contribution in [0.5, 0.6) is 0 Å². The van der Waals surface area contributed by atoms with Gasteiger partial charge in [-0.25, -0.2) is 14.5 Å². The highest BCUT2D eigenvalue weighted by Gasteiger charge is 2.19. The molecule has 0 aliphatic rings. The van der Waals surface area contributed by atoms with E-state index in [0.717, 1.165) is 58.5 Å². The maximum Gasteiger partial charge on any atom is 0.326 e. The first-order valence-electron chi connectivity index (χ1n) is 15.5. The van der Waals surface area contributed by atoms with Crippen LogP contribution in [0.4, 0.5) is 0 Å². The van der Waals surface area contributed by atoms with Gasteiger partial charge < -0.3 is 15.7 Å². The third-order valence-electron chi connectivity index (χ3n) is 7.65. The fourth-order valence-corrected chi connectivity index (χ4v) is 5.15. The second-order valence-electron chi connectivity index (χ2n) is 11.2. The zero-order chi connectivity index (χ0) is 33.2. The number of rotatable bonds is 15. The van der Waals surface area contributed by atoms with Gasteiger partial charge in [0.15, 0.2) is 5.82 Å².